The van der Waals surface area contributed by atoms with Crippen LogP contribution in [0.2, 0.25) is 0 Å². The largest absolute Gasteiger partial charge is 0.482 e. The molecule has 2 N–H and O–H groups in total. The monoisotopic (exact) mass is 376 g/mol. The second kappa shape index (κ2) is 9.94. The lowest BCUT2D eigenvalue weighted by Crippen LogP contribution is -2.48. The molecule has 2 rings (SSSR count). The minimum Gasteiger partial charge on any atom is -0.482 e. The Morgan fingerprint density at radius 1 is 1.07 bits per heavy atom. The molecular weight excluding hydrogens is 348 g/mol. The van der Waals surface area contributed by atoms with Gasteiger partial charge in [-0.05, 0) is 55.9 Å². The molecule has 27 heavy (non-hydrogen) atoms. The number of nitrogens with one attached hydrogen (secondary N) is 2. The summed E-state index contributed by atoms with van der Waals surface area (Å²) in [6, 6.07) is 5.00. The van der Waals surface area contributed by atoms with E-state index in [4.69, 9.17) is 9.47 Å². The molecule has 0 saturated heterocycles. The number of hydrogen-bond acceptors (Lipinski definition) is 5. The van der Waals surface area contributed by atoms with E-state index in [1.165, 1.54) is 6.42 Å². The third-order valence-corrected chi connectivity index (χ3v) is 4.88. The van der Waals surface area contributed by atoms with Crippen molar-refractivity contribution in [2.75, 3.05) is 13.2 Å². The van der Waals surface area contributed by atoms with E-state index in [2.05, 4.69) is 17.6 Å². The number of urea groups is 1. The lowest BCUT2D eigenvalue weighted by Gasteiger charge is -2.29. The molecule has 3 amide bonds. The zero-order chi connectivity index (χ0) is 19.8. The molecule has 1 aromatic rings. The van der Waals surface area contributed by atoms with Crippen molar-refractivity contribution in [3.05, 3.63) is 29.3 Å². The first kappa shape index (κ1) is 20.7. The Balaban J connectivity index is 1.65. The van der Waals surface area contributed by atoms with E-state index < -0.39 is 24.5 Å². The van der Waals surface area contributed by atoms with Crippen LogP contribution in [0.4, 0.5) is 4.79 Å². The molecule has 148 valence electrons. The van der Waals surface area contributed by atoms with Crippen LogP contribution in [0.25, 0.3) is 0 Å². The minimum atomic E-state index is -0.676. The quantitative estimate of drug-likeness (QED) is 0.745. The van der Waals surface area contributed by atoms with Gasteiger partial charge in [-0.3, -0.25) is 10.1 Å². The van der Waals surface area contributed by atoms with Gasteiger partial charge in [0.2, 0.25) is 0 Å². The van der Waals surface area contributed by atoms with Gasteiger partial charge >= 0.3 is 12.0 Å². The van der Waals surface area contributed by atoms with Gasteiger partial charge in [0.25, 0.3) is 5.91 Å². The van der Waals surface area contributed by atoms with E-state index in [0.717, 1.165) is 30.4 Å². The highest BCUT2D eigenvalue weighted by molar-refractivity contribution is 5.95. The SMILES string of the molecule is Cc1ccc(OCC(=O)OCC(=O)NC(=O)N[C@H]2CCCC[C@@H]2C)cc1C. The summed E-state index contributed by atoms with van der Waals surface area (Å²) in [6.07, 6.45) is 4.21. The molecule has 0 bridgehead atoms. The topological polar surface area (TPSA) is 93.7 Å². The molecule has 1 aliphatic rings. The average molecular weight is 376 g/mol. The fourth-order valence-electron chi connectivity index (χ4n) is 3.03. The van der Waals surface area contributed by atoms with Gasteiger partial charge in [0.15, 0.2) is 13.2 Å². The predicted octanol–water partition coefficient (Wildman–Crippen LogP) is 2.63. The maximum absolute atomic E-state index is 11.9. The van der Waals surface area contributed by atoms with E-state index in [0.29, 0.717) is 11.7 Å². The molecule has 0 radical (unpaired) electrons. The van der Waals surface area contributed by atoms with Gasteiger partial charge in [0, 0.05) is 6.04 Å². The highest BCUT2D eigenvalue weighted by Gasteiger charge is 2.23. The molecule has 1 fully saturated rings. The van der Waals surface area contributed by atoms with Crippen molar-refractivity contribution in [1.29, 1.82) is 0 Å². The Morgan fingerprint density at radius 3 is 2.52 bits per heavy atom. The molecular formula is C20H28N2O5. The molecule has 7 heteroatoms. The molecule has 0 unspecified atom stereocenters. The van der Waals surface area contributed by atoms with Crippen molar-refractivity contribution >= 4 is 17.9 Å². The first-order valence-corrected chi connectivity index (χ1v) is 9.31. The Bertz CT molecular complexity index is 689. The summed E-state index contributed by atoms with van der Waals surface area (Å²) >= 11 is 0. The number of ether oxygens (including phenoxy) is 2. The summed E-state index contributed by atoms with van der Waals surface area (Å²) in [4.78, 5) is 35.3. The van der Waals surface area contributed by atoms with Crippen LogP contribution >= 0.6 is 0 Å². The number of imide groups is 1. The standard InChI is InChI=1S/C20H28N2O5/c1-13-8-9-16(10-15(13)3)26-12-19(24)27-11-18(23)22-20(25)21-17-7-5-4-6-14(17)2/h8-10,14,17H,4-7,11-12H2,1-3H3,(H2,21,22,23,25)/t14-,17-/m0/s1. The minimum absolute atomic E-state index is 0.0699. The third kappa shape index (κ3) is 6.92. The van der Waals surface area contributed by atoms with Gasteiger partial charge in [0.05, 0.1) is 0 Å². The summed E-state index contributed by atoms with van der Waals surface area (Å²) < 4.78 is 10.2. The lowest BCUT2D eigenvalue weighted by molar-refractivity contribution is -0.150. The van der Waals surface area contributed by atoms with Crippen molar-refractivity contribution < 1.29 is 23.9 Å². The maximum Gasteiger partial charge on any atom is 0.344 e. The van der Waals surface area contributed by atoms with Crippen LogP contribution in [0.15, 0.2) is 18.2 Å². The predicted molar refractivity (Wildman–Crippen MR) is 100 cm³/mol. The first-order chi connectivity index (χ1) is 12.8. The van der Waals surface area contributed by atoms with Crippen LogP contribution in [0.5, 0.6) is 5.75 Å². The van der Waals surface area contributed by atoms with Crippen LogP contribution in [0.1, 0.15) is 43.7 Å². The summed E-state index contributed by atoms with van der Waals surface area (Å²) in [6.45, 7) is 5.19. The van der Waals surface area contributed by atoms with Crippen LogP contribution in [0.3, 0.4) is 0 Å². The fourth-order valence-corrected chi connectivity index (χ4v) is 3.03. The molecule has 0 heterocycles. The van der Waals surface area contributed by atoms with Crippen LogP contribution in [0, 0.1) is 19.8 Å². The van der Waals surface area contributed by atoms with Gasteiger partial charge in [0.1, 0.15) is 5.75 Å². The molecule has 1 saturated carbocycles. The Labute approximate surface area is 159 Å². The van der Waals surface area contributed by atoms with Crippen molar-refractivity contribution in [3.63, 3.8) is 0 Å². The number of carbonyl (C=O) groups excluding carboxylic acids is 3. The van der Waals surface area contributed by atoms with E-state index in [9.17, 15) is 14.4 Å². The average Bonchev–Trinajstić information content (AvgIpc) is 2.63. The van der Waals surface area contributed by atoms with E-state index in [-0.39, 0.29) is 12.6 Å². The lowest BCUT2D eigenvalue weighted by atomic mass is 9.86. The molecule has 1 aliphatic carbocycles. The smallest absolute Gasteiger partial charge is 0.344 e. The van der Waals surface area contributed by atoms with Gasteiger partial charge in [-0.2, -0.15) is 0 Å². The van der Waals surface area contributed by atoms with Crippen molar-refractivity contribution in [2.45, 2.75) is 52.5 Å². The zero-order valence-corrected chi connectivity index (χ0v) is 16.2. The molecule has 1 aromatic carbocycles. The first-order valence-electron chi connectivity index (χ1n) is 9.31. The number of hydrogen-bond donors (Lipinski definition) is 2. The Kier molecular flexibility index (Phi) is 7.64. The van der Waals surface area contributed by atoms with E-state index in [1.807, 2.05) is 26.0 Å². The van der Waals surface area contributed by atoms with Crippen molar-refractivity contribution in [3.8, 4) is 5.75 Å². The number of aryl methyl sites for hydroxylation is 2. The highest BCUT2D eigenvalue weighted by atomic mass is 16.6. The van der Waals surface area contributed by atoms with Crippen LogP contribution in [-0.4, -0.2) is 37.2 Å². The zero-order valence-electron chi connectivity index (χ0n) is 16.2. The van der Waals surface area contributed by atoms with Crippen molar-refractivity contribution in [1.82, 2.24) is 10.6 Å². The number of amides is 3. The van der Waals surface area contributed by atoms with Gasteiger partial charge < -0.3 is 14.8 Å². The van der Waals surface area contributed by atoms with Crippen LogP contribution < -0.4 is 15.4 Å². The molecule has 0 spiro atoms. The summed E-state index contributed by atoms with van der Waals surface area (Å²) in [5.74, 6) is -0.402. The molecule has 0 aromatic heterocycles. The van der Waals surface area contributed by atoms with E-state index in [1.54, 1.807) is 6.07 Å². The van der Waals surface area contributed by atoms with Gasteiger partial charge in [-0.15, -0.1) is 0 Å². The van der Waals surface area contributed by atoms with Crippen LogP contribution in [-0.2, 0) is 14.3 Å². The maximum atomic E-state index is 11.9. The number of rotatable bonds is 6. The second-order valence-electron chi connectivity index (χ2n) is 7.09. The second-order valence-corrected chi connectivity index (χ2v) is 7.09. The van der Waals surface area contributed by atoms with Crippen molar-refractivity contribution in [2.24, 2.45) is 5.92 Å². The number of benzene rings is 1. The number of carbonyl (C=O) groups is 3. The summed E-state index contributed by atoms with van der Waals surface area (Å²) in [7, 11) is 0. The normalized spacial score (nSPS) is 19.1. The molecule has 0 aliphatic heterocycles. The van der Waals surface area contributed by atoms with Gasteiger partial charge in [-0.25, -0.2) is 9.59 Å². The fraction of sp³-hybridized carbons (Fsp3) is 0.550. The molecule has 2 atom stereocenters. The number of esters is 1. The molecule has 7 nitrogen and oxygen atoms in total. The Morgan fingerprint density at radius 2 is 1.81 bits per heavy atom. The van der Waals surface area contributed by atoms with Gasteiger partial charge in [-0.1, -0.05) is 25.8 Å². The Hall–Kier alpha value is -2.57. The summed E-state index contributed by atoms with van der Waals surface area (Å²) in [5, 5.41) is 4.99. The summed E-state index contributed by atoms with van der Waals surface area (Å²) in [5.41, 5.74) is 2.18. The third-order valence-electron chi connectivity index (χ3n) is 4.88. The van der Waals surface area contributed by atoms with E-state index >= 15 is 0 Å². The highest BCUT2D eigenvalue weighted by Crippen LogP contribution is 2.23.